The highest BCUT2D eigenvalue weighted by atomic mass is 35.5. The van der Waals surface area contributed by atoms with E-state index in [0.717, 1.165) is 5.56 Å². The Kier molecular flexibility index (Phi) is 8.92. The van der Waals surface area contributed by atoms with Crippen molar-refractivity contribution in [1.82, 2.24) is 4.90 Å². The highest BCUT2D eigenvalue weighted by Crippen LogP contribution is 2.52. The molecule has 5 atom stereocenters. The standard InChI is InChI=1S/C27H33Cl2FN2O3S/c1-5-11-27(4)16-24(19-13-21(29)15-22(30)14-19)25(18-7-9-20(28)10-8-18)32(26(27)33)23(6-2)12-17(3)36(31,34)35/h5,7-10,13-15,17,23-25H,1,6,11-12,16H2,2-4H3,(H2,31,34,35)/t17?,23-,24+,25+,27-/m0/s1. The fourth-order valence-electron chi connectivity index (χ4n) is 5.33. The number of carbonyl (C=O) groups is 1. The Labute approximate surface area is 223 Å². The third kappa shape index (κ3) is 6.13. The first-order valence-corrected chi connectivity index (χ1v) is 14.3. The van der Waals surface area contributed by atoms with Crippen molar-refractivity contribution in [2.24, 2.45) is 10.6 Å². The second-order valence-corrected chi connectivity index (χ2v) is 12.8. The number of sulfonamides is 1. The maximum absolute atomic E-state index is 14.5. The van der Waals surface area contributed by atoms with Crippen LogP contribution in [0.5, 0.6) is 0 Å². The van der Waals surface area contributed by atoms with Crippen LogP contribution in [0.2, 0.25) is 10.0 Å². The summed E-state index contributed by atoms with van der Waals surface area (Å²) in [4.78, 5) is 16.0. The van der Waals surface area contributed by atoms with Crippen LogP contribution in [0, 0.1) is 11.2 Å². The van der Waals surface area contributed by atoms with Gasteiger partial charge in [-0.15, -0.1) is 6.58 Å². The highest BCUT2D eigenvalue weighted by molar-refractivity contribution is 7.89. The molecular weight excluding hydrogens is 522 g/mol. The molecular formula is C27H33Cl2FN2O3S. The minimum atomic E-state index is -3.81. The summed E-state index contributed by atoms with van der Waals surface area (Å²) in [6.45, 7) is 9.21. The van der Waals surface area contributed by atoms with Crippen LogP contribution in [0.3, 0.4) is 0 Å². The summed E-state index contributed by atoms with van der Waals surface area (Å²) in [6, 6.07) is 10.7. The van der Waals surface area contributed by atoms with Gasteiger partial charge < -0.3 is 4.90 Å². The molecule has 2 aromatic carbocycles. The predicted molar refractivity (Wildman–Crippen MR) is 144 cm³/mol. The number of likely N-dealkylation sites (tertiary alicyclic amines) is 1. The molecule has 196 valence electrons. The summed E-state index contributed by atoms with van der Waals surface area (Å²) in [6.07, 6.45) is 3.24. The molecule has 0 radical (unpaired) electrons. The van der Waals surface area contributed by atoms with E-state index in [9.17, 15) is 17.6 Å². The molecule has 1 aliphatic rings. The molecule has 1 fully saturated rings. The van der Waals surface area contributed by atoms with E-state index in [0.29, 0.717) is 29.8 Å². The Morgan fingerprint density at radius 1 is 1.19 bits per heavy atom. The first-order valence-electron chi connectivity index (χ1n) is 12.0. The number of carbonyl (C=O) groups excluding carboxylic acids is 1. The Balaban J connectivity index is 2.26. The minimum Gasteiger partial charge on any atom is -0.332 e. The fourth-order valence-corrected chi connectivity index (χ4v) is 6.18. The molecule has 5 nitrogen and oxygen atoms in total. The molecule has 2 N–H and O–H groups in total. The van der Waals surface area contributed by atoms with E-state index in [-0.39, 0.29) is 23.3 Å². The van der Waals surface area contributed by atoms with E-state index in [1.54, 1.807) is 36.1 Å². The largest absolute Gasteiger partial charge is 0.332 e. The van der Waals surface area contributed by atoms with Crippen molar-refractivity contribution in [2.75, 3.05) is 0 Å². The first-order chi connectivity index (χ1) is 16.8. The molecule has 0 aliphatic carbocycles. The van der Waals surface area contributed by atoms with Crippen molar-refractivity contribution in [3.63, 3.8) is 0 Å². The second-order valence-electron chi connectivity index (χ2n) is 9.97. The number of nitrogens with zero attached hydrogens (tertiary/aromatic N) is 1. The van der Waals surface area contributed by atoms with Gasteiger partial charge in [0.2, 0.25) is 15.9 Å². The zero-order valence-electron chi connectivity index (χ0n) is 20.8. The molecule has 1 saturated heterocycles. The van der Waals surface area contributed by atoms with E-state index in [4.69, 9.17) is 28.3 Å². The number of primary sulfonamides is 1. The number of allylic oxidation sites excluding steroid dienone is 1. The van der Waals surface area contributed by atoms with Crippen molar-refractivity contribution < 1.29 is 17.6 Å². The van der Waals surface area contributed by atoms with Gasteiger partial charge in [-0.3, -0.25) is 4.79 Å². The third-order valence-electron chi connectivity index (χ3n) is 7.25. The SMILES string of the molecule is C=CC[C@@]1(C)C[C@H](c2cc(F)cc(Cl)c2)[C@@H](c2ccc(Cl)cc2)N([C@@H](CC)CC(C)S(N)(=O)=O)C1=O. The average molecular weight is 556 g/mol. The summed E-state index contributed by atoms with van der Waals surface area (Å²) in [5.74, 6) is -0.883. The van der Waals surface area contributed by atoms with Gasteiger partial charge in [-0.1, -0.05) is 55.3 Å². The van der Waals surface area contributed by atoms with Crippen LogP contribution in [0.25, 0.3) is 0 Å². The normalized spacial score (nSPS) is 24.4. The van der Waals surface area contributed by atoms with Gasteiger partial charge in [0.05, 0.1) is 16.7 Å². The van der Waals surface area contributed by atoms with Crippen LogP contribution in [0.15, 0.2) is 55.1 Å². The minimum absolute atomic E-state index is 0.102. The number of amides is 1. The third-order valence-corrected chi connectivity index (χ3v) is 9.04. The Bertz CT molecular complexity index is 1200. The molecule has 9 heteroatoms. The van der Waals surface area contributed by atoms with Gasteiger partial charge in [-0.2, -0.15) is 0 Å². The van der Waals surface area contributed by atoms with Crippen LogP contribution >= 0.6 is 23.2 Å². The van der Waals surface area contributed by atoms with E-state index >= 15 is 0 Å². The lowest BCUT2D eigenvalue weighted by Crippen LogP contribution is -2.56. The van der Waals surface area contributed by atoms with Gasteiger partial charge in [-0.25, -0.2) is 17.9 Å². The summed E-state index contributed by atoms with van der Waals surface area (Å²) in [5, 5.41) is 5.41. The van der Waals surface area contributed by atoms with E-state index in [1.807, 2.05) is 26.0 Å². The number of hydrogen-bond donors (Lipinski definition) is 1. The molecule has 0 saturated carbocycles. The van der Waals surface area contributed by atoms with Crippen LogP contribution in [-0.2, 0) is 14.8 Å². The number of hydrogen-bond acceptors (Lipinski definition) is 3. The fraction of sp³-hybridized carbons (Fsp3) is 0.444. The highest BCUT2D eigenvalue weighted by Gasteiger charge is 2.51. The van der Waals surface area contributed by atoms with Crippen LogP contribution in [-0.4, -0.2) is 30.5 Å². The van der Waals surface area contributed by atoms with Gasteiger partial charge in [0.25, 0.3) is 0 Å². The molecule has 0 spiro atoms. The summed E-state index contributed by atoms with van der Waals surface area (Å²) >= 11 is 12.4. The number of halogens is 3. The molecule has 36 heavy (non-hydrogen) atoms. The lowest BCUT2D eigenvalue weighted by atomic mass is 9.67. The molecule has 1 unspecified atom stereocenters. The number of piperidine rings is 1. The van der Waals surface area contributed by atoms with Gasteiger partial charge in [0.1, 0.15) is 5.82 Å². The van der Waals surface area contributed by atoms with Gasteiger partial charge >= 0.3 is 0 Å². The van der Waals surface area contributed by atoms with Crippen LogP contribution in [0.1, 0.15) is 69.5 Å². The Morgan fingerprint density at radius 2 is 1.83 bits per heavy atom. The molecule has 2 aromatic rings. The molecule has 0 bridgehead atoms. The van der Waals surface area contributed by atoms with Crippen molar-refractivity contribution in [3.8, 4) is 0 Å². The number of nitrogens with two attached hydrogens (primary N) is 1. The summed E-state index contributed by atoms with van der Waals surface area (Å²) in [5.41, 5.74) is 0.662. The van der Waals surface area contributed by atoms with Crippen molar-refractivity contribution in [3.05, 3.63) is 82.1 Å². The van der Waals surface area contributed by atoms with E-state index < -0.39 is 38.6 Å². The van der Waals surface area contributed by atoms with Gasteiger partial charge in [0.15, 0.2) is 0 Å². The topological polar surface area (TPSA) is 80.5 Å². The van der Waals surface area contributed by atoms with Crippen LogP contribution in [0.4, 0.5) is 4.39 Å². The predicted octanol–water partition coefficient (Wildman–Crippen LogP) is 6.62. The lowest BCUT2D eigenvalue weighted by molar-refractivity contribution is -0.154. The van der Waals surface area contributed by atoms with E-state index in [1.165, 1.54) is 12.1 Å². The summed E-state index contributed by atoms with van der Waals surface area (Å²) < 4.78 is 38.8. The van der Waals surface area contributed by atoms with Crippen LogP contribution < -0.4 is 5.14 Å². The molecule has 3 rings (SSSR count). The monoisotopic (exact) mass is 554 g/mol. The smallest absolute Gasteiger partial charge is 0.229 e. The molecule has 1 aliphatic heterocycles. The summed E-state index contributed by atoms with van der Waals surface area (Å²) in [7, 11) is -3.81. The zero-order valence-corrected chi connectivity index (χ0v) is 23.1. The zero-order chi connectivity index (χ0) is 26.8. The van der Waals surface area contributed by atoms with E-state index in [2.05, 4.69) is 6.58 Å². The molecule has 0 aromatic heterocycles. The molecule has 1 amide bonds. The second kappa shape index (κ2) is 11.2. The van der Waals surface area contributed by atoms with Crippen molar-refractivity contribution in [1.29, 1.82) is 0 Å². The maximum atomic E-state index is 14.5. The quantitative estimate of drug-likeness (QED) is 0.353. The number of rotatable bonds is 9. The average Bonchev–Trinajstić information content (AvgIpc) is 2.78. The molecule has 1 heterocycles. The Hall–Kier alpha value is -1.93. The lowest BCUT2D eigenvalue weighted by Gasteiger charge is -2.52. The van der Waals surface area contributed by atoms with Gasteiger partial charge in [-0.05, 0) is 74.1 Å². The van der Waals surface area contributed by atoms with Gasteiger partial charge in [0, 0.05) is 22.0 Å². The van der Waals surface area contributed by atoms with Crippen molar-refractivity contribution >= 4 is 39.1 Å². The maximum Gasteiger partial charge on any atom is 0.229 e. The van der Waals surface area contributed by atoms with Crippen molar-refractivity contribution in [2.45, 2.75) is 69.7 Å². The number of benzene rings is 2. The Morgan fingerprint density at radius 3 is 2.36 bits per heavy atom. The first kappa shape index (κ1) is 28.6.